The number of carbonyl (C=O) groups is 1. The summed E-state index contributed by atoms with van der Waals surface area (Å²) in [5.41, 5.74) is 2.93. The average molecular weight is 871 g/mol. The van der Waals surface area contributed by atoms with E-state index in [0.717, 1.165) is 24.0 Å². The smallest absolute Gasteiger partial charge is 0.338 e. The number of hydrogen-bond acceptors (Lipinski definition) is 8. The van der Waals surface area contributed by atoms with E-state index in [2.05, 4.69) is 50.2 Å². The maximum Gasteiger partial charge on any atom is 0.338 e. The maximum atomic E-state index is 14.1. The molecule has 0 aliphatic carbocycles. The summed E-state index contributed by atoms with van der Waals surface area (Å²) < 4.78 is 26.7. The van der Waals surface area contributed by atoms with Gasteiger partial charge in [0.05, 0.1) is 49.3 Å². The molecule has 0 spiro atoms. The first-order valence-electron chi connectivity index (χ1n) is 14.0. The number of aromatic nitrogens is 1. The van der Waals surface area contributed by atoms with Crippen LogP contribution in [0.4, 0.5) is 0 Å². The van der Waals surface area contributed by atoms with Gasteiger partial charge >= 0.3 is 5.97 Å². The van der Waals surface area contributed by atoms with E-state index in [0.29, 0.717) is 55.9 Å². The SMILES string of the molecule is CCOC(=O)C1=C(C)N=c2s/c(=C\c3cc(I)c(OCc4ccccc4Cl)c(I)c3)c(=O)n2[C@H]1c1ccc(OC)c(OCC)c1. The van der Waals surface area contributed by atoms with Crippen LogP contribution in [-0.4, -0.2) is 30.9 Å². The lowest BCUT2D eigenvalue weighted by Crippen LogP contribution is -2.40. The molecule has 45 heavy (non-hydrogen) atoms. The number of esters is 1. The highest BCUT2D eigenvalue weighted by atomic mass is 127. The number of ether oxygens (including phenoxy) is 4. The first-order chi connectivity index (χ1) is 21.7. The number of hydrogen-bond donors (Lipinski definition) is 0. The number of carbonyl (C=O) groups excluding carboxylic acids is 1. The fourth-order valence-electron chi connectivity index (χ4n) is 4.96. The Morgan fingerprint density at radius 2 is 1.78 bits per heavy atom. The highest BCUT2D eigenvalue weighted by Gasteiger charge is 2.34. The van der Waals surface area contributed by atoms with Crippen LogP contribution in [0, 0.1) is 7.14 Å². The van der Waals surface area contributed by atoms with Crippen molar-refractivity contribution >= 4 is 80.2 Å². The second kappa shape index (κ2) is 14.7. The normalized spacial score (nSPS) is 14.6. The van der Waals surface area contributed by atoms with Gasteiger partial charge < -0.3 is 18.9 Å². The summed E-state index contributed by atoms with van der Waals surface area (Å²) >= 11 is 12.1. The molecule has 8 nitrogen and oxygen atoms in total. The van der Waals surface area contributed by atoms with Crippen molar-refractivity contribution in [3.8, 4) is 17.2 Å². The summed E-state index contributed by atoms with van der Waals surface area (Å²) in [4.78, 5) is 32.6. The van der Waals surface area contributed by atoms with Crippen LogP contribution in [0.25, 0.3) is 6.08 Å². The van der Waals surface area contributed by atoms with Gasteiger partial charge in [0, 0.05) is 10.6 Å². The second-order valence-corrected chi connectivity index (χ2v) is 13.6. The zero-order chi connectivity index (χ0) is 32.2. The van der Waals surface area contributed by atoms with Crippen LogP contribution < -0.4 is 29.1 Å². The van der Waals surface area contributed by atoms with Gasteiger partial charge in [0.1, 0.15) is 12.4 Å². The topological polar surface area (TPSA) is 88.4 Å². The Kier molecular flexibility index (Phi) is 10.9. The number of methoxy groups -OCH3 is 1. The fourth-order valence-corrected chi connectivity index (χ4v) is 8.32. The molecule has 0 saturated heterocycles. The standard InChI is InChI=1S/C33H29ClI2N2O6S/c1-5-42-26-16-20(11-12-25(26)41-4)29-28(32(40)43-6-2)18(3)37-33-38(29)31(39)27(45-33)15-19-13-23(35)30(24(36)14-19)44-17-21-9-7-8-10-22(21)34/h7-16,29H,5-6,17H2,1-4H3/b27-15-/t29-/m0/s1. The molecule has 1 aromatic heterocycles. The van der Waals surface area contributed by atoms with E-state index in [1.54, 1.807) is 37.7 Å². The number of benzene rings is 3. The molecule has 0 saturated carbocycles. The van der Waals surface area contributed by atoms with Crippen LogP contribution in [0.5, 0.6) is 17.2 Å². The molecule has 5 rings (SSSR count). The lowest BCUT2D eigenvalue weighted by atomic mass is 9.95. The highest BCUT2D eigenvalue weighted by Crippen LogP contribution is 2.36. The van der Waals surface area contributed by atoms with Crippen molar-refractivity contribution in [1.82, 2.24) is 4.57 Å². The lowest BCUT2D eigenvalue weighted by molar-refractivity contribution is -0.139. The van der Waals surface area contributed by atoms with Gasteiger partial charge in [-0.05, 0) is 113 Å². The Labute approximate surface area is 296 Å². The van der Waals surface area contributed by atoms with Crippen molar-refractivity contribution in [1.29, 1.82) is 0 Å². The molecule has 2 heterocycles. The van der Waals surface area contributed by atoms with E-state index < -0.39 is 12.0 Å². The van der Waals surface area contributed by atoms with Gasteiger partial charge in [-0.1, -0.05) is 47.2 Å². The van der Waals surface area contributed by atoms with Crippen LogP contribution in [0.15, 0.2) is 75.7 Å². The third-order valence-corrected chi connectivity index (χ3v) is 9.92. The van der Waals surface area contributed by atoms with Gasteiger partial charge in [-0.25, -0.2) is 9.79 Å². The Morgan fingerprint density at radius 3 is 2.44 bits per heavy atom. The summed E-state index contributed by atoms with van der Waals surface area (Å²) in [5, 5.41) is 0.651. The Morgan fingerprint density at radius 1 is 1.04 bits per heavy atom. The van der Waals surface area contributed by atoms with Gasteiger partial charge in [-0.15, -0.1) is 0 Å². The Hall–Kier alpha value is -2.88. The molecule has 0 radical (unpaired) electrons. The van der Waals surface area contributed by atoms with Crippen molar-refractivity contribution in [2.24, 2.45) is 4.99 Å². The molecule has 0 bridgehead atoms. The second-order valence-electron chi connectivity index (χ2n) is 9.84. The lowest BCUT2D eigenvalue weighted by Gasteiger charge is -2.25. The number of nitrogens with zero attached hydrogens (tertiary/aromatic N) is 2. The monoisotopic (exact) mass is 870 g/mol. The van der Waals surface area contributed by atoms with Gasteiger partial charge in [-0.2, -0.15) is 0 Å². The first-order valence-corrected chi connectivity index (χ1v) is 17.4. The van der Waals surface area contributed by atoms with E-state index in [1.807, 2.05) is 55.5 Å². The molecule has 0 N–H and O–H groups in total. The molecule has 0 unspecified atom stereocenters. The van der Waals surface area contributed by atoms with Crippen molar-refractivity contribution < 1.29 is 23.7 Å². The first kappa shape index (κ1) is 33.5. The van der Waals surface area contributed by atoms with Crippen molar-refractivity contribution in [2.75, 3.05) is 20.3 Å². The van der Waals surface area contributed by atoms with Gasteiger partial charge in [0.25, 0.3) is 5.56 Å². The number of rotatable bonds is 10. The van der Waals surface area contributed by atoms with Crippen LogP contribution >= 0.6 is 68.1 Å². The number of allylic oxidation sites excluding steroid dienone is 1. The molecule has 1 aliphatic rings. The summed E-state index contributed by atoms with van der Waals surface area (Å²) in [6, 6.07) is 16.1. The van der Waals surface area contributed by atoms with E-state index in [1.165, 1.54) is 11.3 Å². The maximum absolute atomic E-state index is 14.1. The highest BCUT2D eigenvalue weighted by molar-refractivity contribution is 14.1. The van der Waals surface area contributed by atoms with Crippen molar-refractivity contribution in [3.63, 3.8) is 0 Å². The molecule has 0 amide bonds. The number of fused-ring (bicyclic) bond motifs is 1. The minimum absolute atomic E-state index is 0.189. The van der Waals surface area contributed by atoms with Crippen LogP contribution in [0.3, 0.4) is 0 Å². The van der Waals surface area contributed by atoms with Crippen LogP contribution in [-0.2, 0) is 16.1 Å². The molecule has 4 aromatic rings. The van der Waals surface area contributed by atoms with Crippen LogP contribution in [0.2, 0.25) is 5.02 Å². The van der Waals surface area contributed by atoms with Crippen LogP contribution in [0.1, 0.15) is 43.5 Å². The summed E-state index contributed by atoms with van der Waals surface area (Å²) in [5.74, 6) is 1.28. The molecular formula is C33H29ClI2N2O6S. The molecule has 1 aliphatic heterocycles. The van der Waals surface area contributed by atoms with Crippen molar-refractivity contribution in [2.45, 2.75) is 33.4 Å². The quantitative estimate of drug-likeness (QED) is 0.131. The molecule has 1 atom stereocenters. The molecule has 0 fully saturated rings. The third-order valence-electron chi connectivity index (χ3n) is 6.97. The van der Waals surface area contributed by atoms with E-state index in [9.17, 15) is 9.59 Å². The largest absolute Gasteiger partial charge is 0.493 e. The van der Waals surface area contributed by atoms with E-state index >= 15 is 0 Å². The third kappa shape index (κ3) is 7.10. The summed E-state index contributed by atoms with van der Waals surface area (Å²) in [6.45, 7) is 6.33. The number of halogens is 3. The molecule has 3 aromatic carbocycles. The minimum Gasteiger partial charge on any atom is -0.493 e. The zero-order valence-corrected chi connectivity index (χ0v) is 30.7. The van der Waals surface area contributed by atoms with Gasteiger partial charge in [-0.3, -0.25) is 9.36 Å². The van der Waals surface area contributed by atoms with E-state index in [-0.39, 0.29) is 12.2 Å². The average Bonchev–Trinajstić information content (AvgIpc) is 3.30. The zero-order valence-electron chi connectivity index (χ0n) is 24.9. The molecular weight excluding hydrogens is 842 g/mol. The predicted octanol–water partition coefficient (Wildman–Crippen LogP) is 6.65. The number of thiazole rings is 1. The summed E-state index contributed by atoms with van der Waals surface area (Å²) in [6.07, 6.45) is 1.84. The predicted molar refractivity (Wildman–Crippen MR) is 192 cm³/mol. The molecule has 234 valence electrons. The van der Waals surface area contributed by atoms with Gasteiger partial charge in [0.15, 0.2) is 16.3 Å². The van der Waals surface area contributed by atoms with E-state index in [4.69, 9.17) is 30.5 Å². The Balaban J connectivity index is 1.59. The van der Waals surface area contributed by atoms with Gasteiger partial charge in [0.2, 0.25) is 0 Å². The minimum atomic E-state index is -0.770. The fraction of sp³-hybridized carbons (Fsp3) is 0.242. The Bertz CT molecular complexity index is 1960. The molecule has 12 heteroatoms. The van der Waals surface area contributed by atoms with Crippen molar-refractivity contribution in [3.05, 3.63) is 114 Å². The summed E-state index contributed by atoms with van der Waals surface area (Å²) in [7, 11) is 1.56.